The fourth-order valence-corrected chi connectivity index (χ4v) is 6.74. The number of carbonyl (C=O) groups is 3. The minimum atomic E-state index is -1.19. The van der Waals surface area contributed by atoms with Crippen LogP contribution in [0.25, 0.3) is 29.9 Å². The van der Waals surface area contributed by atoms with Gasteiger partial charge in [-0.05, 0) is 56.4 Å². The van der Waals surface area contributed by atoms with E-state index in [0.717, 1.165) is 50.0 Å². The number of hydrogen-bond donors (Lipinski definition) is 3. The van der Waals surface area contributed by atoms with Gasteiger partial charge in [0.25, 0.3) is 0 Å². The average molecular weight is 603 g/mol. The van der Waals surface area contributed by atoms with Crippen LogP contribution in [-0.4, -0.2) is 58.0 Å². The summed E-state index contributed by atoms with van der Waals surface area (Å²) in [6, 6.07) is 0. The number of ether oxygens (including phenoxy) is 1. The van der Waals surface area contributed by atoms with Gasteiger partial charge in [-0.15, -0.1) is 22.8 Å². The largest absolute Gasteiger partial charge is 2.00 e. The first-order valence-electron chi connectivity index (χ1n) is 14.4. The number of rotatable bonds is 5. The zero-order chi connectivity index (χ0) is 30.9. The molecular formula is C34H34MgN4O5. The second-order valence-corrected chi connectivity index (χ2v) is 11.7. The molecule has 1 saturated heterocycles. The molecule has 0 aromatic carbocycles. The molecule has 5 heterocycles. The van der Waals surface area contributed by atoms with Crippen LogP contribution in [0.3, 0.4) is 0 Å². The van der Waals surface area contributed by atoms with Crippen LogP contribution in [0.2, 0.25) is 0 Å². The molecule has 1 fully saturated rings. The van der Waals surface area contributed by atoms with E-state index in [9.17, 15) is 19.5 Å². The normalized spacial score (nSPS) is 24.3. The first-order valence-corrected chi connectivity index (χ1v) is 14.4. The van der Waals surface area contributed by atoms with E-state index < -0.39 is 17.9 Å². The molecule has 44 heavy (non-hydrogen) atoms. The number of carboxylic acids is 1. The number of allylic oxidation sites excluding steroid dienone is 2. The molecule has 3 aliphatic rings. The summed E-state index contributed by atoms with van der Waals surface area (Å²) in [4.78, 5) is 52.2. The molecule has 0 unspecified atom stereocenters. The summed E-state index contributed by atoms with van der Waals surface area (Å²) in [5.74, 6) is -3.59. The number of ketones is 1. The summed E-state index contributed by atoms with van der Waals surface area (Å²) in [5, 5.41) is 14.9. The van der Waals surface area contributed by atoms with Crippen LogP contribution in [-0.2, 0) is 14.3 Å². The summed E-state index contributed by atoms with van der Waals surface area (Å²) in [5.41, 5.74) is 9.62. The predicted octanol–water partition coefficient (Wildman–Crippen LogP) is 2.85. The van der Waals surface area contributed by atoms with Crippen molar-refractivity contribution < 1.29 is 24.2 Å². The van der Waals surface area contributed by atoms with Crippen LogP contribution in [0.15, 0.2) is 18.0 Å². The van der Waals surface area contributed by atoms with Crippen molar-refractivity contribution in [1.29, 1.82) is 0 Å². The number of aromatic amines is 1. The number of nitrogens with one attached hydrogen (secondary N) is 2. The second kappa shape index (κ2) is 11.5. The van der Waals surface area contributed by atoms with Crippen molar-refractivity contribution in [1.82, 2.24) is 20.3 Å². The minimum absolute atomic E-state index is 0. The Bertz CT molecular complexity index is 1950. The fourth-order valence-electron chi connectivity index (χ4n) is 6.74. The molecular weight excluding hydrogens is 569 g/mol. The van der Waals surface area contributed by atoms with Gasteiger partial charge in [0, 0.05) is 45.9 Å². The Balaban J connectivity index is 0.00000384. The van der Waals surface area contributed by atoms with Crippen LogP contribution in [0.1, 0.15) is 80.7 Å². The van der Waals surface area contributed by atoms with Gasteiger partial charge in [-0.2, -0.15) is 0 Å². The number of carboxylic acid groups (broad SMARTS) is 1. The van der Waals surface area contributed by atoms with E-state index in [-0.39, 0.29) is 47.1 Å². The van der Waals surface area contributed by atoms with Crippen LogP contribution < -0.4 is 26.0 Å². The molecule has 3 aromatic rings. The molecule has 0 saturated carbocycles. The van der Waals surface area contributed by atoms with Crippen LogP contribution in [0.4, 0.5) is 0 Å². The van der Waals surface area contributed by atoms with Gasteiger partial charge in [0.1, 0.15) is 5.92 Å². The molecule has 3 atom stereocenters. The van der Waals surface area contributed by atoms with Gasteiger partial charge in [0.05, 0.1) is 7.11 Å². The van der Waals surface area contributed by atoms with Gasteiger partial charge >= 0.3 is 35.0 Å². The number of H-pyrrole nitrogens is 1. The maximum Gasteiger partial charge on any atom is 2.00 e. The maximum atomic E-state index is 13.9. The molecule has 0 spiro atoms. The molecule has 9 nitrogen and oxygen atoms in total. The molecule has 3 aromatic heterocycles. The molecule has 1 aliphatic carbocycles. The Morgan fingerprint density at radius 3 is 2.25 bits per heavy atom. The molecule has 0 amide bonds. The predicted molar refractivity (Wildman–Crippen MR) is 169 cm³/mol. The zero-order valence-corrected chi connectivity index (χ0v) is 27.3. The Morgan fingerprint density at radius 2 is 1.64 bits per heavy atom. The van der Waals surface area contributed by atoms with Crippen molar-refractivity contribution in [3.05, 3.63) is 84.8 Å². The van der Waals surface area contributed by atoms with Crippen molar-refractivity contribution >= 4 is 70.7 Å². The van der Waals surface area contributed by atoms with Gasteiger partial charge in [0.15, 0.2) is 5.78 Å². The Morgan fingerprint density at radius 1 is 1.00 bits per heavy atom. The SMILES string of the molecule is C=Cc1c2[n-]c(c1C)/C=C1\N/C(=C3\c4[n-]c(c(C)c4C(=O)[C@@H]3C(=O)OC)/C=c3\[nH]/c(c(C)c3C)=C\2)[C@@H](CCC(=O)O)[C@@H]1C.[Mg+2]. The number of Topliss-reactive ketones (excluding diaryl/α,β-unsaturated/α-hetero) is 1. The van der Waals surface area contributed by atoms with Gasteiger partial charge in [-0.3, -0.25) is 14.4 Å². The fraction of sp³-hybridized carbons (Fsp3) is 0.324. The molecule has 3 N–H and O–H groups in total. The van der Waals surface area contributed by atoms with E-state index in [0.29, 0.717) is 40.2 Å². The van der Waals surface area contributed by atoms with Gasteiger partial charge in [-0.25, -0.2) is 0 Å². The van der Waals surface area contributed by atoms with E-state index in [1.165, 1.54) is 7.11 Å². The third-order valence-electron chi connectivity index (χ3n) is 9.42. The molecule has 8 bridgehead atoms. The summed E-state index contributed by atoms with van der Waals surface area (Å²) >= 11 is 0. The van der Waals surface area contributed by atoms with E-state index in [1.807, 2.05) is 52.0 Å². The Hall–Kier alpha value is -4.02. The van der Waals surface area contributed by atoms with Crippen molar-refractivity contribution in [2.24, 2.45) is 17.8 Å². The summed E-state index contributed by atoms with van der Waals surface area (Å²) in [6.07, 6.45) is 7.98. The number of nitrogens with zero attached hydrogens (tertiary/aromatic N) is 2. The number of hydrogen-bond acceptors (Lipinski definition) is 5. The number of carbonyl (C=O) groups excluding carboxylic acids is 2. The van der Waals surface area contributed by atoms with Crippen LogP contribution in [0, 0.1) is 45.4 Å². The van der Waals surface area contributed by atoms with Crippen LogP contribution >= 0.6 is 0 Å². The van der Waals surface area contributed by atoms with Crippen molar-refractivity contribution in [3.63, 3.8) is 0 Å². The Labute approximate surface area is 271 Å². The zero-order valence-electron chi connectivity index (χ0n) is 25.8. The monoisotopic (exact) mass is 602 g/mol. The number of aliphatic carboxylic acids is 1. The molecule has 2 aliphatic heterocycles. The first kappa shape index (κ1) is 31.4. The smallest absolute Gasteiger partial charge is 0.657 e. The number of esters is 1. The minimum Gasteiger partial charge on any atom is -0.657 e. The van der Waals surface area contributed by atoms with E-state index in [4.69, 9.17) is 14.7 Å². The van der Waals surface area contributed by atoms with Crippen molar-refractivity contribution in [3.8, 4) is 0 Å². The standard InChI is InChI=1S/C34H35N4O5.Mg/c1-8-19-16(4)23-12-24-17(5)20(9-10-27(39)40)31(37-24)29-30(34(42)43-7)33(41)28-18(6)25(38-32(28)29)11-21-14(2)15(3)22(35-21)13-26(19)36-23;/h8,11-13,17,20,30,35H,1,9-10H2,2-7H3,(H3,37,38,39,40,41);/q-1;+2/p-1/b21-11-,22-13-,24-12-;/t17-,20-,30+;/m0./s1. The summed E-state index contributed by atoms with van der Waals surface area (Å²) < 4.78 is 5.12. The molecule has 10 heteroatoms. The van der Waals surface area contributed by atoms with Gasteiger partial charge in [0.2, 0.25) is 0 Å². The summed E-state index contributed by atoms with van der Waals surface area (Å²) in [7, 11) is 1.26. The third kappa shape index (κ3) is 4.71. The molecule has 0 radical (unpaired) electrons. The van der Waals surface area contributed by atoms with E-state index >= 15 is 0 Å². The Kier molecular flexibility index (Phi) is 8.19. The maximum absolute atomic E-state index is 13.9. The van der Waals surface area contributed by atoms with E-state index in [2.05, 4.69) is 23.8 Å². The van der Waals surface area contributed by atoms with Crippen molar-refractivity contribution in [2.75, 3.05) is 7.11 Å². The topological polar surface area (TPSA) is 137 Å². The molecule has 6 rings (SSSR count). The van der Waals surface area contributed by atoms with E-state index in [1.54, 1.807) is 0 Å². The van der Waals surface area contributed by atoms with Gasteiger partial charge < -0.3 is 30.1 Å². The van der Waals surface area contributed by atoms with Crippen LogP contribution in [0.5, 0.6) is 0 Å². The van der Waals surface area contributed by atoms with Gasteiger partial charge in [-0.1, -0.05) is 48.9 Å². The molecule has 222 valence electrons. The van der Waals surface area contributed by atoms with Crippen molar-refractivity contribution in [2.45, 2.75) is 47.5 Å². The number of fused-ring (bicyclic) bond motifs is 7. The second-order valence-electron chi connectivity index (χ2n) is 11.7. The number of methoxy groups -OCH3 is 1. The first-order chi connectivity index (χ1) is 20.5. The average Bonchev–Trinajstić information content (AvgIpc) is 3.70. The quantitative estimate of drug-likeness (QED) is 0.230. The third-order valence-corrected chi connectivity index (χ3v) is 9.42. The number of aromatic nitrogens is 3. The summed E-state index contributed by atoms with van der Waals surface area (Å²) in [6.45, 7) is 14.0.